The van der Waals surface area contributed by atoms with Gasteiger partial charge in [0, 0.05) is 11.1 Å². The molecule has 0 radical (unpaired) electrons. The van der Waals surface area contributed by atoms with Crippen LogP contribution in [0, 0.1) is 46.6 Å². The van der Waals surface area contributed by atoms with Crippen LogP contribution in [0.4, 0.5) is 0 Å². The van der Waals surface area contributed by atoms with Crippen molar-refractivity contribution in [3.63, 3.8) is 0 Å². The molecule has 0 bridgehead atoms. The van der Waals surface area contributed by atoms with Crippen LogP contribution in [-0.4, -0.2) is 0 Å². The normalized spacial score (nSPS) is 10.9. The molecule has 32 heavy (non-hydrogen) atoms. The Labute approximate surface area is 182 Å². The van der Waals surface area contributed by atoms with E-state index in [4.69, 9.17) is 22.0 Å². The van der Waals surface area contributed by atoms with Crippen molar-refractivity contribution in [2.45, 2.75) is 0 Å². The molecule has 0 fully saturated rings. The molecule has 148 valence electrons. The third-order valence-electron chi connectivity index (χ3n) is 4.74. The van der Waals surface area contributed by atoms with Crippen LogP contribution >= 0.6 is 0 Å². The lowest BCUT2D eigenvalue weighted by Gasteiger charge is -1.97. The number of hydrogen-bond donors (Lipinski definition) is 0. The number of nitriles is 2. The van der Waals surface area contributed by atoms with E-state index >= 15 is 0 Å². The van der Waals surface area contributed by atoms with Crippen molar-refractivity contribution in [1.29, 1.82) is 10.5 Å². The van der Waals surface area contributed by atoms with Crippen LogP contribution in [-0.2, 0) is 0 Å². The predicted molar refractivity (Wildman–Crippen MR) is 116 cm³/mol. The molecule has 0 saturated carbocycles. The van der Waals surface area contributed by atoms with Crippen molar-refractivity contribution < 1.29 is 8.83 Å². The predicted octanol–water partition coefficient (Wildman–Crippen LogP) is 4.60. The minimum atomic E-state index is -0.206. The molecule has 6 heteroatoms. The summed E-state index contributed by atoms with van der Waals surface area (Å²) in [6.07, 6.45) is 0. The van der Waals surface area contributed by atoms with Crippen LogP contribution in [0.2, 0.25) is 0 Å². The molecule has 0 amide bonds. The van der Waals surface area contributed by atoms with E-state index in [1.807, 2.05) is 72.8 Å². The highest BCUT2D eigenvalue weighted by Gasteiger charge is 2.16. The quantitative estimate of drug-likeness (QED) is 0.451. The Morgan fingerprint density at radius 3 is 1.56 bits per heavy atom. The summed E-state index contributed by atoms with van der Waals surface area (Å²) in [5.41, 5.74) is 3.50. The second-order valence-electron chi connectivity index (χ2n) is 6.58. The summed E-state index contributed by atoms with van der Waals surface area (Å²) in [5, 5.41) is 18.7. The van der Waals surface area contributed by atoms with E-state index in [0.717, 1.165) is 11.1 Å². The Hall–Kier alpha value is -5.30. The van der Waals surface area contributed by atoms with Gasteiger partial charge in [-0.25, -0.2) is 0 Å². The van der Waals surface area contributed by atoms with E-state index in [2.05, 4.69) is 9.69 Å². The van der Waals surface area contributed by atoms with Crippen LogP contribution in [0.1, 0.15) is 0 Å². The Morgan fingerprint density at radius 1 is 0.688 bits per heavy atom. The molecule has 2 heterocycles. The summed E-state index contributed by atoms with van der Waals surface area (Å²) in [7, 11) is 0. The molecular formula is C26H12N4O2. The second kappa shape index (κ2) is 8.60. The monoisotopic (exact) mass is 412 g/mol. The van der Waals surface area contributed by atoms with Crippen LogP contribution in [0.25, 0.3) is 43.3 Å². The van der Waals surface area contributed by atoms with Gasteiger partial charge in [0.2, 0.25) is 5.42 Å². The Bertz CT molecular complexity index is 1540. The average molecular weight is 412 g/mol. The molecule has 4 aromatic rings. The molecule has 0 spiro atoms. The minimum absolute atomic E-state index is 0.111. The van der Waals surface area contributed by atoms with Gasteiger partial charge < -0.3 is 8.83 Å². The molecule has 0 aliphatic heterocycles. The van der Waals surface area contributed by atoms with Crippen LogP contribution < -0.4 is 10.8 Å². The van der Waals surface area contributed by atoms with E-state index < -0.39 is 0 Å². The van der Waals surface area contributed by atoms with Crippen molar-refractivity contribution in [3.05, 3.63) is 117 Å². The van der Waals surface area contributed by atoms with Gasteiger partial charge in [0.1, 0.15) is 25.3 Å². The smallest absolute Gasteiger partial charge is 0.456 e. The van der Waals surface area contributed by atoms with Gasteiger partial charge in [-0.3, -0.25) is 0 Å². The highest BCUT2D eigenvalue weighted by atomic mass is 16.4. The zero-order chi connectivity index (χ0) is 22.5. The maximum Gasteiger partial charge on any atom is 0.562 e. The van der Waals surface area contributed by atoms with E-state index in [-0.39, 0.29) is 22.2 Å². The summed E-state index contributed by atoms with van der Waals surface area (Å²) in [4.78, 5) is 6.51. The maximum atomic E-state index is 9.33. The number of rotatable bonds is 2. The van der Waals surface area contributed by atoms with Gasteiger partial charge >= 0.3 is 5.82 Å². The highest BCUT2D eigenvalue weighted by molar-refractivity contribution is 5.74. The summed E-state index contributed by atoms with van der Waals surface area (Å²) in [5.74, 6) is -0.206. The van der Waals surface area contributed by atoms with Crippen LogP contribution in [0.3, 0.4) is 0 Å². The van der Waals surface area contributed by atoms with E-state index in [1.165, 1.54) is 0 Å². The van der Waals surface area contributed by atoms with Crippen LogP contribution in [0.5, 0.6) is 0 Å². The molecule has 2 aromatic heterocycles. The van der Waals surface area contributed by atoms with Crippen molar-refractivity contribution in [3.8, 4) is 34.4 Å². The van der Waals surface area contributed by atoms with Gasteiger partial charge in [-0.05, 0) is 23.3 Å². The number of nitrogens with zero attached hydrogens (tertiary/aromatic N) is 4. The first kappa shape index (κ1) is 20.0. The lowest BCUT2D eigenvalue weighted by Crippen LogP contribution is -1.98. The molecule has 2 aromatic carbocycles. The molecule has 4 rings (SSSR count). The molecule has 6 nitrogen and oxygen atoms in total. The lowest BCUT2D eigenvalue weighted by molar-refractivity contribution is 0.449. The number of benzene rings is 2. The third kappa shape index (κ3) is 3.53. The molecule has 0 N–H and O–H groups in total. The summed E-state index contributed by atoms with van der Waals surface area (Å²) >= 11 is 0. The first-order chi connectivity index (χ1) is 15.7. The summed E-state index contributed by atoms with van der Waals surface area (Å²) in [6.45, 7) is 14.6. The van der Waals surface area contributed by atoms with Crippen molar-refractivity contribution >= 4 is 11.4 Å². The Kier molecular flexibility index (Phi) is 5.37. The number of furan rings is 2. The molecule has 0 saturated heterocycles. The molecule has 0 unspecified atom stereocenters. The Morgan fingerprint density at radius 2 is 1.12 bits per heavy atom. The van der Waals surface area contributed by atoms with E-state index in [1.54, 1.807) is 12.1 Å². The molecule has 0 aliphatic carbocycles. The van der Waals surface area contributed by atoms with Crippen LogP contribution in [0.15, 0.2) is 81.6 Å². The lowest BCUT2D eigenvalue weighted by atomic mass is 10.1. The highest BCUT2D eigenvalue weighted by Crippen LogP contribution is 2.25. The van der Waals surface area contributed by atoms with Gasteiger partial charge in [0.15, 0.2) is 21.8 Å². The fourth-order valence-corrected chi connectivity index (χ4v) is 3.29. The largest absolute Gasteiger partial charge is 0.562 e. The molecular weight excluding hydrogens is 400 g/mol. The number of hydrogen-bond acceptors (Lipinski definition) is 4. The van der Waals surface area contributed by atoms with Gasteiger partial charge in [-0.1, -0.05) is 60.7 Å². The fraction of sp³-hybridized carbons (Fsp3) is 0. The van der Waals surface area contributed by atoms with Crippen molar-refractivity contribution in [1.82, 2.24) is 0 Å². The van der Waals surface area contributed by atoms with Gasteiger partial charge in [-0.2, -0.15) is 20.2 Å². The summed E-state index contributed by atoms with van der Waals surface area (Å²) in [6, 6.07) is 25.7. The van der Waals surface area contributed by atoms with Gasteiger partial charge in [-0.15, -0.1) is 0 Å². The maximum absolute atomic E-state index is 9.33. The molecule has 0 aliphatic rings. The average Bonchev–Trinajstić information content (AvgIpc) is 3.47. The standard InChI is InChI=1S/C26H12N4O2/c1-29-26(30-2)23-14-21(18-11-7-4-8-12-18)25(32-23)24-20(17-9-5-3-6-10-17)13-22(31-24)19(15-27)16-28/h3-14H/b25-24+. The SMILES string of the molecule is [C-]#[N+]C([N+]#[C-])=c1cc(-c2ccccc2)/c(=c2\oc(=C(C#N)C#N)cc2-c2ccccc2)o1. The van der Waals surface area contributed by atoms with E-state index in [9.17, 15) is 10.5 Å². The molecule has 0 atom stereocenters. The third-order valence-corrected chi connectivity index (χ3v) is 4.74. The minimum Gasteiger partial charge on any atom is -0.456 e. The van der Waals surface area contributed by atoms with Crippen molar-refractivity contribution in [2.75, 3.05) is 0 Å². The van der Waals surface area contributed by atoms with E-state index in [0.29, 0.717) is 22.0 Å². The second-order valence-corrected chi connectivity index (χ2v) is 6.58. The van der Waals surface area contributed by atoms with Gasteiger partial charge in [0.25, 0.3) is 0 Å². The van der Waals surface area contributed by atoms with Crippen molar-refractivity contribution in [2.24, 2.45) is 0 Å². The first-order valence-electron chi connectivity index (χ1n) is 9.38. The fourth-order valence-electron chi connectivity index (χ4n) is 3.29. The first-order valence-corrected chi connectivity index (χ1v) is 9.38. The summed E-state index contributed by atoms with van der Waals surface area (Å²) < 4.78 is 12.0. The topological polar surface area (TPSA) is 82.6 Å². The Balaban J connectivity index is 2.30. The van der Waals surface area contributed by atoms with Gasteiger partial charge in [0.05, 0.1) is 0 Å². The zero-order valence-corrected chi connectivity index (χ0v) is 16.5. The zero-order valence-electron chi connectivity index (χ0n) is 16.5.